The van der Waals surface area contributed by atoms with Crippen LogP contribution in [0.1, 0.15) is 41.9 Å². The zero-order valence-corrected chi connectivity index (χ0v) is 14.2. The number of nitrogens with one attached hydrogen (secondary N) is 2. The minimum absolute atomic E-state index is 0.184. The first-order valence-corrected chi connectivity index (χ1v) is 7.92. The SMILES string of the molecule is Cc1ccc(C)c(Nc2ccc(C(=O)NCCC(C)C)nn2)c1. The fraction of sp³-hybridized carbons (Fsp3) is 0.389. The molecule has 0 saturated heterocycles. The first-order chi connectivity index (χ1) is 11.0. The Balaban J connectivity index is 1.99. The summed E-state index contributed by atoms with van der Waals surface area (Å²) >= 11 is 0. The van der Waals surface area contributed by atoms with E-state index in [1.54, 1.807) is 12.1 Å². The van der Waals surface area contributed by atoms with E-state index >= 15 is 0 Å². The van der Waals surface area contributed by atoms with Crippen molar-refractivity contribution in [2.45, 2.75) is 34.1 Å². The number of rotatable bonds is 6. The van der Waals surface area contributed by atoms with Gasteiger partial charge >= 0.3 is 0 Å². The van der Waals surface area contributed by atoms with E-state index in [1.807, 2.05) is 13.8 Å². The number of anilines is 2. The molecule has 2 N–H and O–H groups in total. The number of carbonyl (C=O) groups is 1. The molecule has 0 spiro atoms. The van der Waals surface area contributed by atoms with Crippen molar-refractivity contribution in [3.8, 4) is 0 Å². The van der Waals surface area contributed by atoms with Crippen LogP contribution in [0.3, 0.4) is 0 Å². The van der Waals surface area contributed by atoms with E-state index in [0.717, 1.165) is 17.7 Å². The molecular formula is C18H24N4O. The van der Waals surface area contributed by atoms with E-state index in [-0.39, 0.29) is 5.91 Å². The average Bonchev–Trinajstić information content (AvgIpc) is 2.51. The molecule has 0 saturated carbocycles. The van der Waals surface area contributed by atoms with Crippen LogP contribution in [0.5, 0.6) is 0 Å². The first kappa shape index (κ1) is 16.9. The van der Waals surface area contributed by atoms with Crippen LogP contribution < -0.4 is 10.6 Å². The molecule has 0 fully saturated rings. The second-order valence-corrected chi connectivity index (χ2v) is 6.19. The molecule has 1 aromatic heterocycles. The smallest absolute Gasteiger partial charge is 0.271 e. The van der Waals surface area contributed by atoms with Crippen LogP contribution in [0.4, 0.5) is 11.5 Å². The van der Waals surface area contributed by atoms with E-state index in [2.05, 4.69) is 52.9 Å². The molecule has 0 radical (unpaired) electrons. The Morgan fingerprint density at radius 2 is 1.91 bits per heavy atom. The van der Waals surface area contributed by atoms with Gasteiger partial charge in [-0.1, -0.05) is 26.0 Å². The third kappa shape index (κ3) is 5.06. The van der Waals surface area contributed by atoms with Crippen LogP contribution in [0, 0.1) is 19.8 Å². The van der Waals surface area contributed by atoms with Gasteiger partial charge in [-0.2, -0.15) is 0 Å². The fourth-order valence-electron chi connectivity index (χ4n) is 2.09. The molecule has 0 atom stereocenters. The summed E-state index contributed by atoms with van der Waals surface area (Å²) in [6.45, 7) is 8.98. The van der Waals surface area contributed by atoms with Gasteiger partial charge in [0.05, 0.1) is 0 Å². The molecule has 0 aliphatic rings. The van der Waals surface area contributed by atoms with E-state index in [1.165, 1.54) is 5.56 Å². The molecule has 0 unspecified atom stereocenters. The Hall–Kier alpha value is -2.43. The van der Waals surface area contributed by atoms with Crippen LogP contribution in [-0.2, 0) is 0 Å². The van der Waals surface area contributed by atoms with Gasteiger partial charge in [-0.3, -0.25) is 4.79 Å². The predicted molar refractivity (Wildman–Crippen MR) is 93.0 cm³/mol. The standard InChI is InChI=1S/C18H24N4O/c1-12(2)9-10-19-18(23)15-7-8-17(22-21-15)20-16-11-13(3)5-6-14(16)4/h5-8,11-12H,9-10H2,1-4H3,(H,19,23)(H,20,22). The summed E-state index contributed by atoms with van der Waals surface area (Å²) in [5.74, 6) is 0.999. The number of benzene rings is 1. The highest BCUT2D eigenvalue weighted by molar-refractivity contribution is 5.92. The molecule has 1 aromatic carbocycles. The number of hydrogen-bond donors (Lipinski definition) is 2. The van der Waals surface area contributed by atoms with Crippen molar-refractivity contribution in [2.75, 3.05) is 11.9 Å². The lowest BCUT2D eigenvalue weighted by Crippen LogP contribution is -2.26. The number of carbonyl (C=O) groups excluding carboxylic acids is 1. The number of aromatic nitrogens is 2. The molecule has 1 amide bonds. The Kier molecular flexibility index (Phi) is 5.68. The van der Waals surface area contributed by atoms with Crippen molar-refractivity contribution in [1.29, 1.82) is 0 Å². The minimum Gasteiger partial charge on any atom is -0.351 e. The lowest BCUT2D eigenvalue weighted by Gasteiger charge is -2.10. The highest BCUT2D eigenvalue weighted by atomic mass is 16.1. The maximum absolute atomic E-state index is 12.0. The van der Waals surface area contributed by atoms with Gasteiger partial charge in [0.15, 0.2) is 11.5 Å². The van der Waals surface area contributed by atoms with Crippen LogP contribution in [0.2, 0.25) is 0 Å². The zero-order valence-electron chi connectivity index (χ0n) is 14.2. The first-order valence-electron chi connectivity index (χ1n) is 7.92. The fourth-order valence-corrected chi connectivity index (χ4v) is 2.09. The minimum atomic E-state index is -0.184. The van der Waals surface area contributed by atoms with Gasteiger partial charge in [-0.25, -0.2) is 0 Å². The van der Waals surface area contributed by atoms with Crippen molar-refractivity contribution in [1.82, 2.24) is 15.5 Å². The number of nitrogens with zero attached hydrogens (tertiary/aromatic N) is 2. The lowest BCUT2D eigenvalue weighted by atomic mass is 10.1. The van der Waals surface area contributed by atoms with Crippen LogP contribution in [-0.4, -0.2) is 22.6 Å². The number of amides is 1. The largest absolute Gasteiger partial charge is 0.351 e. The number of hydrogen-bond acceptors (Lipinski definition) is 4. The van der Waals surface area contributed by atoms with Crippen molar-refractivity contribution >= 4 is 17.4 Å². The Labute approximate surface area is 137 Å². The van der Waals surface area contributed by atoms with Crippen LogP contribution >= 0.6 is 0 Å². The third-order valence-electron chi connectivity index (χ3n) is 3.56. The summed E-state index contributed by atoms with van der Waals surface area (Å²) in [7, 11) is 0. The monoisotopic (exact) mass is 312 g/mol. The van der Waals surface area contributed by atoms with E-state index in [4.69, 9.17) is 0 Å². The van der Waals surface area contributed by atoms with Gasteiger partial charge < -0.3 is 10.6 Å². The molecule has 0 aliphatic heterocycles. The molecule has 5 nitrogen and oxygen atoms in total. The molecular weight excluding hydrogens is 288 g/mol. The molecule has 0 bridgehead atoms. The number of aryl methyl sites for hydroxylation is 2. The quantitative estimate of drug-likeness (QED) is 0.855. The molecule has 0 aliphatic carbocycles. The summed E-state index contributed by atoms with van der Waals surface area (Å²) < 4.78 is 0. The highest BCUT2D eigenvalue weighted by Gasteiger charge is 2.08. The van der Waals surface area contributed by atoms with Crippen LogP contribution in [0.25, 0.3) is 0 Å². The van der Waals surface area contributed by atoms with Gasteiger partial charge in [0.25, 0.3) is 5.91 Å². The van der Waals surface area contributed by atoms with Gasteiger partial charge in [-0.05, 0) is 55.5 Å². The Bertz CT molecular complexity index is 665. The summed E-state index contributed by atoms with van der Waals surface area (Å²) in [5.41, 5.74) is 3.63. The van der Waals surface area contributed by atoms with E-state index < -0.39 is 0 Å². The summed E-state index contributed by atoms with van der Waals surface area (Å²) in [4.78, 5) is 12.0. The normalized spacial score (nSPS) is 10.7. The van der Waals surface area contributed by atoms with Crippen molar-refractivity contribution in [3.63, 3.8) is 0 Å². The maximum atomic E-state index is 12.0. The molecule has 23 heavy (non-hydrogen) atoms. The topological polar surface area (TPSA) is 66.9 Å². The Morgan fingerprint density at radius 3 is 2.57 bits per heavy atom. The Morgan fingerprint density at radius 1 is 1.13 bits per heavy atom. The van der Waals surface area contributed by atoms with Crippen molar-refractivity contribution < 1.29 is 4.79 Å². The van der Waals surface area contributed by atoms with Gasteiger partial charge in [0.2, 0.25) is 0 Å². The van der Waals surface area contributed by atoms with Gasteiger partial charge in [0.1, 0.15) is 0 Å². The summed E-state index contributed by atoms with van der Waals surface area (Å²) in [5, 5.41) is 14.2. The van der Waals surface area contributed by atoms with Gasteiger partial charge in [-0.15, -0.1) is 10.2 Å². The maximum Gasteiger partial charge on any atom is 0.271 e. The average molecular weight is 312 g/mol. The van der Waals surface area contributed by atoms with Crippen LogP contribution in [0.15, 0.2) is 30.3 Å². The molecule has 2 rings (SSSR count). The molecule has 2 aromatic rings. The zero-order chi connectivity index (χ0) is 16.8. The van der Waals surface area contributed by atoms with E-state index in [9.17, 15) is 4.79 Å². The molecule has 1 heterocycles. The van der Waals surface area contributed by atoms with Crippen molar-refractivity contribution in [2.24, 2.45) is 5.92 Å². The molecule has 5 heteroatoms. The third-order valence-corrected chi connectivity index (χ3v) is 3.56. The summed E-state index contributed by atoms with van der Waals surface area (Å²) in [6, 6.07) is 9.64. The lowest BCUT2D eigenvalue weighted by molar-refractivity contribution is 0.0946. The summed E-state index contributed by atoms with van der Waals surface area (Å²) in [6.07, 6.45) is 0.950. The predicted octanol–water partition coefficient (Wildman–Crippen LogP) is 3.61. The highest BCUT2D eigenvalue weighted by Crippen LogP contribution is 2.20. The molecule has 122 valence electrons. The van der Waals surface area contributed by atoms with Gasteiger partial charge in [0, 0.05) is 12.2 Å². The second-order valence-electron chi connectivity index (χ2n) is 6.19. The van der Waals surface area contributed by atoms with Crippen molar-refractivity contribution in [3.05, 3.63) is 47.2 Å². The second kappa shape index (κ2) is 7.72. The van der Waals surface area contributed by atoms with E-state index in [0.29, 0.717) is 24.0 Å².